The second kappa shape index (κ2) is 23.8. The van der Waals surface area contributed by atoms with Gasteiger partial charge in [-0.1, -0.05) is 25.3 Å². The molecule has 4 rings (SSSR count). The van der Waals surface area contributed by atoms with Crippen LogP contribution >= 0.6 is 0 Å². The van der Waals surface area contributed by atoms with Crippen LogP contribution < -0.4 is 14.2 Å². The standard InChI is InChI=1S/C45H44O13/c1-3-41(47)54-27-7-5-25-52-37-19-13-33(14-20-37)40(46)31-32-9-11-34(12-10-32)43(49)56-29-30-57-44(50)35-17-23-39(24-18-35)58-45(51)36-15-21-38(22-16-36)53-26-6-8-28-55-42(48)4-2/h3-4,9-24H,1-2,5-8,25-31H2. The number of hydrogen-bond acceptors (Lipinski definition) is 13. The number of rotatable bonds is 24. The summed E-state index contributed by atoms with van der Waals surface area (Å²) in [5.74, 6) is -1.48. The predicted octanol–water partition coefficient (Wildman–Crippen LogP) is 7.12. The van der Waals surface area contributed by atoms with Gasteiger partial charge in [-0.2, -0.15) is 0 Å². The van der Waals surface area contributed by atoms with Crippen LogP contribution in [0, 0.1) is 0 Å². The monoisotopic (exact) mass is 792 g/mol. The van der Waals surface area contributed by atoms with Gasteiger partial charge in [-0.3, -0.25) is 4.79 Å². The van der Waals surface area contributed by atoms with Gasteiger partial charge in [-0.15, -0.1) is 0 Å². The predicted molar refractivity (Wildman–Crippen MR) is 211 cm³/mol. The third-order valence-corrected chi connectivity index (χ3v) is 8.11. The van der Waals surface area contributed by atoms with E-state index in [-0.39, 0.29) is 48.9 Å². The Morgan fingerprint density at radius 1 is 0.414 bits per heavy atom. The molecule has 0 amide bonds. The molecular formula is C45H44O13. The lowest BCUT2D eigenvalue weighted by molar-refractivity contribution is -0.138. The molecule has 0 spiro atoms. The molecule has 0 saturated heterocycles. The Bertz CT molecular complexity index is 1850. The molecule has 0 aliphatic rings. The van der Waals surface area contributed by atoms with E-state index in [0.717, 1.165) is 12.2 Å². The van der Waals surface area contributed by atoms with Crippen molar-refractivity contribution in [1.82, 2.24) is 0 Å². The van der Waals surface area contributed by atoms with Crippen LogP contribution in [0.1, 0.15) is 72.7 Å². The molecule has 0 aliphatic carbocycles. The van der Waals surface area contributed by atoms with Gasteiger partial charge in [0, 0.05) is 24.1 Å². The van der Waals surface area contributed by atoms with E-state index in [9.17, 15) is 28.8 Å². The van der Waals surface area contributed by atoms with Crippen LogP contribution in [0.2, 0.25) is 0 Å². The molecule has 58 heavy (non-hydrogen) atoms. The Morgan fingerprint density at radius 2 is 0.793 bits per heavy atom. The number of carbonyl (C=O) groups excluding carboxylic acids is 6. The van der Waals surface area contributed by atoms with E-state index in [1.54, 1.807) is 72.8 Å². The summed E-state index contributed by atoms with van der Waals surface area (Å²) in [4.78, 5) is 72.5. The molecule has 13 nitrogen and oxygen atoms in total. The number of ether oxygens (including phenoxy) is 7. The van der Waals surface area contributed by atoms with Crippen LogP contribution in [0.4, 0.5) is 0 Å². The minimum Gasteiger partial charge on any atom is -0.494 e. The molecule has 0 aromatic heterocycles. The largest absolute Gasteiger partial charge is 0.494 e. The Balaban J connectivity index is 1.10. The minimum atomic E-state index is -0.654. The summed E-state index contributed by atoms with van der Waals surface area (Å²) in [5.41, 5.74) is 2.01. The van der Waals surface area contributed by atoms with Crippen molar-refractivity contribution in [3.05, 3.63) is 150 Å². The van der Waals surface area contributed by atoms with Crippen molar-refractivity contribution in [2.75, 3.05) is 39.6 Å². The zero-order valence-corrected chi connectivity index (χ0v) is 31.9. The topological polar surface area (TPSA) is 167 Å². The van der Waals surface area contributed by atoms with Crippen molar-refractivity contribution in [3.8, 4) is 17.2 Å². The molecule has 0 radical (unpaired) electrons. The average Bonchev–Trinajstić information content (AvgIpc) is 3.25. The number of unbranched alkanes of at least 4 members (excludes halogenated alkanes) is 2. The molecular weight excluding hydrogens is 748 g/mol. The van der Waals surface area contributed by atoms with Crippen LogP contribution in [0.25, 0.3) is 0 Å². The molecule has 0 N–H and O–H groups in total. The summed E-state index contributed by atoms with van der Waals surface area (Å²) in [5, 5.41) is 0. The lowest BCUT2D eigenvalue weighted by Gasteiger charge is -2.09. The molecule has 302 valence electrons. The van der Waals surface area contributed by atoms with Crippen molar-refractivity contribution >= 4 is 35.6 Å². The minimum absolute atomic E-state index is 0.104. The first kappa shape index (κ1) is 43.7. The highest BCUT2D eigenvalue weighted by Gasteiger charge is 2.14. The van der Waals surface area contributed by atoms with Gasteiger partial charge in [-0.25, -0.2) is 24.0 Å². The molecule has 0 fully saturated rings. The zero-order valence-electron chi connectivity index (χ0n) is 31.9. The summed E-state index contributed by atoms with van der Waals surface area (Å²) in [6, 6.07) is 25.5. The average molecular weight is 793 g/mol. The van der Waals surface area contributed by atoms with E-state index >= 15 is 0 Å². The van der Waals surface area contributed by atoms with Crippen LogP contribution in [-0.4, -0.2) is 75.3 Å². The molecule has 0 aliphatic heterocycles. The van der Waals surface area contributed by atoms with Crippen molar-refractivity contribution < 1.29 is 61.9 Å². The fraction of sp³-hybridized carbons (Fsp3) is 0.244. The molecule has 0 bridgehead atoms. The van der Waals surface area contributed by atoms with Crippen LogP contribution in [-0.2, 0) is 35.0 Å². The number of Topliss-reactive ketones (excluding diaryl/α,β-unsaturated/α-hetero) is 1. The third-order valence-electron chi connectivity index (χ3n) is 8.11. The highest BCUT2D eigenvalue weighted by molar-refractivity contribution is 5.98. The molecule has 0 heterocycles. The summed E-state index contributed by atoms with van der Waals surface area (Å²) in [6.07, 6.45) is 5.02. The molecule has 0 atom stereocenters. The summed E-state index contributed by atoms with van der Waals surface area (Å²) in [7, 11) is 0. The summed E-state index contributed by atoms with van der Waals surface area (Å²) >= 11 is 0. The Hall–Kier alpha value is -7.02. The number of esters is 5. The third kappa shape index (κ3) is 15.3. The van der Waals surface area contributed by atoms with Gasteiger partial charge < -0.3 is 33.2 Å². The van der Waals surface area contributed by atoms with E-state index in [2.05, 4.69) is 13.2 Å². The fourth-order valence-corrected chi connectivity index (χ4v) is 4.98. The SMILES string of the molecule is C=CC(=O)OCCCCOc1ccc(C(=O)Cc2ccc(C(=O)OCCOC(=O)c3ccc(OC(=O)c4ccc(OCCCCOC(=O)C=C)cc4)cc3)cc2)cc1. The lowest BCUT2D eigenvalue weighted by atomic mass is 10.0. The lowest BCUT2D eigenvalue weighted by Crippen LogP contribution is -2.14. The first-order valence-electron chi connectivity index (χ1n) is 18.5. The number of hydrogen-bond donors (Lipinski definition) is 0. The van der Waals surface area contributed by atoms with Crippen molar-refractivity contribution in [3.63, 3.8) is 0 Å². The Labute approximate surface area is 336 Å². The number of ketones is 1. The van der Waals surface area contributed by atoms with Crippen molar-refractivity contribution in [1.29, 1.82) is 0 Å². The van der Waals surface area contributed by atoms with Gasteiger partial charge >= 0.3 is 29.8 Å². The van der Waals surface area contributed by atoms with Crippen molar-refractivity contribution in [2.45, 2.75) is 32.1 Å². The fourth-order valence-electron chi connectivity index (χ4n) is 4.98. The van der Waals surface area contributed by atoms with Crippen molar-refractivity contribution in [2.24, 2.45) is 0 Å². The smallest absolute Gasteiger partial charge is 0.343 e. The normalized spacial score (nSPS) is 10.3. The highest BCUT2D eigenvalue weighted by Crippen LogP contribution is 2.19. The maximum atomic E-state index is 12.8. The summed E-state index contributed by atoms with van der Waals surface area (Å²) in [6.45, 7) is 7.75. The van der Waals surface area contributed by atoms with E-state index in [0.29, 0.717) is 73.7 Å². The first-order chi connectivity index (χ1) is 28.1. The quantitative estimate of drug-likeness (QED) is 0.0176. The van der Waals surface area contributed by atoms with Gasteiger partial charge in [0.2, 0.25) is 0 Å². The van der Waals surface area contributed by atoms with Gasteiger partial charge in [0.05, 0.1) is 43.1 Å². The van der Waals surface area contributed by atoms with E-state index in [1.165, 1.54) is 24.3 Å². The Morgan fingerprint density at radius 3 is 1.24 bits per heavy atom. The van der Waals surface area contributed by atoms with Gasteiger partial charge in [0.25, 0.3) is 0 Å². The van der Waals surface area contributed by atoms with Crippen LogP contribution in [0.5, 0.6) is 17.2 Å². The van der Waals surface area contributed by atoms with Crippen LogP contribution in [0.15, 0.2) is 122 Å². The maximum absolute atomic E-state index is 12.8. The highest BCUT2D eigenvalue weighted by atomic mass is 16.6. The number of carbonyl (C=O) groups is 6. The Kier molecular flexibility index (Phi) is 17.9. The zero-order chi connectivity index (χ0) is 41.5. The van der Waals surface area contributed by atoms with Crippen LogP contribution in [0.3, 0.4) is 0 Å². The van der Waals surface area contributed by atoms with Gasteiger partial charge in [0.15, 0.2) is 5.78 Å². The molecule has 0 saturated carbocycles. The van der Waals surface area contributed by atoms with E-state index in [4.69, 9.17) is 33.2 Å². The molecule has 0 unspecified atom stereocenters. The molecule has 4 aromatic carbocycles. The first-order valence-corrected chi connectivity index (χ1v) is 18.5. The maximum Gasteiger partial charge on any atom is 0.343 e. The van der Waals surface area contributed by atoms with Gasteiger partial charge in [-0.05, 0) is 116 Å². The molecule has 4 aromatic rings. The summed E-state index contributed by atoms with van der Waals surface area (Å²) < 4.78 is 37.0. The van der Waals surface area contributed by atoms with E-state index in [1.807, 2.05) is 0 Å². The second-order valence-corrected chi connectivity index (χ2v) is 12.4. The van der Waals surface area contributed by atoms with Gasteiger partial charge in [0.1, 0.15) is 30.5 Å². The van der Waals surface area contributed by atoms with E-state index < -0.39 is 29.8 Å². The second-order valence-electron chi connectivity index (χ2n) is 12.4. The molecule has 13 heteroatoms. The number of benzene rings is 4.